The summed E-state index contributed by atoms with van der Waals surface area (Å²) in [6.07, 6.45) is 4.16. The molecule has 2 heterocycles. The summed E-state index contributed by atoms with van der Waals surface area (Å²) >= 11 is 5.85. The van der Waals surface area contributed by atoms with Crippen LogP contribution < -0.4 is 10.6 Å². The molecule has 1 saturated heterocycles. The van der Waals surface area contributed by atoms with Crippen LogP contribution in [-0.2, 0) is 0 Å². The molecule has 0 aliphatic carbocycles. The Kier molecular flexibility index (Phi) is 3.74. The molecule has 2 N–H and O–H groups in total. The van der Waals surface area contributed by atoms with E-state index >= 15 is 0 Å². The van der Waals surface area contributed by atoms with Crippen LogP contribution in [0, 0.1) is 0 Å². The molecule has 0 spiro atoms. The second-order valence-electron chi connectivity index (χ2n) is 4.72. The molecular formula is C12H19ClN4. The van der Waals surface area contributed by atoms with Crippen molar-refractivity contribution in [2.75, 3.05) is 37.8 Å². The van der Waals surface area contributed by atoms with Gasteiger partial charge in [0.05, 0.1) is 10.7 Å². The first kappa shape index (κ1) is 12.5. The summed E-state index contributed by atoms with van der Waals surface area (Å²) in [4.78, 5) is 8.80. The number of nitrogens with zero attached hydrogens (tertiary/aromatic N) is 3. The fourth-order valence-corrected chi connectivity index (χ4v) is 2.55. The average molecular weight is 255 g/mol. The van der Waals surface area contributed by atoms with Crippen LogP contribution >= 0.6 is 11.6 Å². The second-order valence-corrected chi connectivity index (χ2v) is 5.16. The molecule has 0 aromatic carbocycles. The number of aromatic nitrogens is 1. The van der Waals surface area contributed by atoms with E-state index in [1.165, 1.54) is 19.4 Å². The van der Waals surface area contributed by atoms with E-state index < -0.39 is 0 Å². The molecule has 1 aromatic heterocycles. The first-order chi connectivity index (χ1) is 8.08. The average Bonchev–Trinajstić information content (AvgIpc) is 2.64. The van der Waals surface area contributed by atoms with Crippen LogP contribution in [0.5, 0.6) is 0 Å². The third-order valence-corrected chi connectivity index (χ3v) is 3.59. The molecule has 1 fully saturated rings. The fraction of sp³-hybridized carbons (Fsp3) is 0.583. The van der Waals surface area contributed by atoms with Crippen LogP contribution in [0.15, 0.2) is 12.3 Å². The Morgan fingerprint density at radius 2 is 2.41 bits per heavy atom. The minimum Gasteiger partial charge on any atom is -0.396 e. The van der Waals surface area contributed by atoms with Crippen molar-refractivity contribution < 1.29 is 0 Å². The molecule has 17 heavy (non-hydrogen) atoms. The van der Waals surface area contributed by atoms with Crippen LogP contribution in [0.4, 0.5) is 11.5 Å². The zero-order chi connectivity index (χ0) is 12.4. The van der Waals surface area contributed by atoms with Crippen LogP contribution in [0.1, 0.15) is 12.8 Å². The molecule has 1 aliphatic heterocycles. The van der Waals surface area contributed by atoms with Gasteiger partial charge in [0.1, 0.15) is 0 Å². The van der Waals surface area contributed by atoms with E-state index in [4.69, 9.17) is 17.3 Å². The van der Waals surface area contributed by atoms with Crippen molar-refractivity contribution in [2.24, 2.45) is 0 Å². The topological polar surface area (TPSA) is 45.4 Å². The summed E-state index contributed by atoms with van der Waals surface area (Å²) in [5, 5.41) is 0.581. The molecule has 2 rings (SSSR count). The Balaban J connectivity index is 2.06. The Morgan fingerprint density at radius 3 is 3.00 bits per heavy atom. The molecule has 1 aliphatic rings. The monoisotopic (exact) mass is 254 g/mol. The van der Waals surface area contributed by atoms with E-state index in [9.17, 15) is 0 Å². The largest absolute Gasteiger partial charge is 0.396 e. The van der Waals surface area contributed by atoms with Crippen molar-refractivity contribution >= 4 is 23.1 Å². The van der Waals surface area contributed by atoms with Gasteiger partial charge in [0, 0.05) is 25.8 Å². The van der Waals surface area contributed by atoms with Gasteiger partial charge >= 0.3 is 0 Å². The lowest BCUT2D eigenvalue weighted by atomic mass is 10.2. The predicted molar refractivity (Wildman–Crippen MR) is 72.6 cm³/mol. The molecule has 0 bridgehead atoms. The number of hydrogen-bond acceptors (Lipinski definition) is 4. The minimum absolute atomic E-state index is 0.581. The fourth-order valence-electron chi connectivity index (χ4n) is 2.38. The summed E-state index contributed by atoms with van der Waals surface area (Å²) in [6, 6.07) is 2.34. The van der Waals surface area contributed by atoms with E-state index in [0.29, 0.717) is 16.8 Å². The number of anilines is 2. The van der Waals surface area contributed by atoms with Crippen molar-refractivity contribution in [1.82, 2.24) is 9.88 Å². The highest BCUT2D eigenvalue weighted by Crippen LogP contribution is 2.24. The molecule has 1 aromatic rings. The molecule has 0 radical (unpaired) electrons. The van der Waals surface area contributed by atoms with Crippen LogP contribution in [-0.4, -0.2) is 43.1 Å². The lowest BCUT2D eigenvalue weighted by molar-refractivity contribution is 0.314. The van der Waals surface area contributed by atoms with Crippen molar-refractivity contribution in [3.05, 3.63) is 17.3 Å². The Bertz CT molecular complexity index is 396. The molecule has 5 heteroatoms. The number of likely N-dealkylation sites (N-methyl/N-ethyl adjacent to an activating group) is 2. The zero-order valence-electron chi connectivity index (χ0n) is 10.4. The van der Waals surface area contributed by atoms with Gasteiger partial charge in [-0.25, -0.2) is 4.98 Å². The number of pyridine rings is 1. The lowest BCUT2D eigenvalue weighted by Crippen LogP contribution is -2.37. The smallest absolute Gasteiger partial charge is 0.151 e. The minimum atomic E-state index is 0.581. The maximum Gasteiger partial charge on any atom is 0.151 e. The van der Waals surface area contributed by atoms with Gasteiger partial charge in [-0.2, -0.15) is 0 Å². The van der Waals surface area contributed by atoms with E-state index in [0.717, 1.165) is 12.4 Å². The number of nitrogens with two attached hydrogens (primary N) is 1. The van der Waals surface area contributed by atoms with Crippen molar-refractivity contribution in [1.29, 1.82) is 0 Å². The Hall–Kier alpha value is -1.00. The molecular weight excluding hydrogens is 236 g/mol. The summed E-state index contributed by atoms with van der Waals surface area (Å²) in [6.45, 7) is 2.14. The summed E-state index contributed by atoms with van der Waals surface area (Å²) in [5.41, 5.74) is 6.57. The number of nitrogen functional groups attached to an aromatic ring is 1. The number of hydrogen-bond donors (Lipinski definition) is 1. The zero-order valence-corrected chi connectivity index (χ0v) is 11.1. The summed E-state index contributed by atoms with van der Waals surface area (Å²) < 4.78 is 0. The van der Waals surface area contributed by atoms with Gasteiger partial charge in [-0.1, -0.05) is 11.6 Å². The van der Waals surface area contributed by atoms with Crippen molar-refractivity contribution in [3.63, 3.8) is 0 Å². The number of halogens is 1. The van der Waals surface area contributed by atoms with E-state index in [1.807, 2.05) is 7.05 Å². The van der Waals surface area contributed by atoms with Crippen LogP contribution in [0.3, 0.4) is 0 Å². The maximum absolute atomic E-state index is 5.93. The quantitative estimate of drug-likeness (QED) is 0.894. The standard InChI is InChI=1S/C12H19ClN4/c1-16-5-3-4-10(16)8-17(2)12-11(14)6-9(13)7-15-12/h6-7,10H,3-5,8,14H2,1-2H3. The summed E-state index contributed by atoms with van der Waals surface area (Å²) in [7, 11) is 4.20. The van der Waals surface area contributed by atoms with E-state index in [1.54, 1.807) is 12.3 Å². The molecule has 94 valence electrons. The normalized spacial score (nSPS) is 20.8. The van der Waals surface area contributed by atoms with Crippen LogP contribution in [0.2, 0.25) is 5.02 Å². The van der Waals surface area contributed by atoms with Gasteiger partial charge in [-0.15, -0.1) is 0 Å². The highest BCUT2D eigenvalue weighted by Gasteiger charge is 2.23. The highest BCUT2D eigenvalue weighted by molar-refractivity contribution is 6.30. The number of likely N-dealkylation sites (tertiary alicyclic amines) is 1. The lowest BCUT2D eigenvalue weighted by Gasteiger charge is -2.27. The Morgan fingerprint density at radius 1 is 1.65 bits per heavy atom. The van der Waals surface area contributed by atoms with Crippen LogP contribution in [0.25, 0.3) is 0 Å². The molecule has 0 saturated carbocycles. The van der Waals surface area contributed by atoms with E-state index in [2.05, 4.69) is 21.8 Å². The molecule has 1 unspecified atom stereocenters. The third kappa shape index (κ3) is 2.82. The van der Waals surface area contributed by atoms with Gasteiger partial charge in [0.15, 0.2) is 5.82 Å². The highest BCUT2D eigenvalue weighted by atomic mass is 35.5. The third-order valence-electron chi connectivity index (χ3n) is 3.38. The number of rotatable bonds is 3. The van der Waals surface area contributed by atoms with Gasteiger partial charge in [-0.05, 0) is 32.5 Å². The van der Waals surface area contributed by atoms with Gasteiger partial charge in [-0.3, -0.25) is 0 Å². The van der Waals surface area contributed by atoms with Gasteiger partial charge in [0.2, 0.25) is 0 Å². The molecule has 1 atom stereocenters. The first-order valence-corrected chi connectivity index (χ1v) is 6.28. The molecule has 4 nitrogen and oxygen atoms in total. The van der Waals surface area contributed by atoms with E-state index in [-0.39, 0.29) is 0 Å². The van der Waals surface area contributed by atoms with Crippen molar-refractivity contribution in [2.45, 2.75) is 18.9 Å². The van der Waals surface area contributed by atoms with Crippen molar-refractivity contribution in [3.8, 4) is 0 Å². The second kappa shape index (κ2) is 5.10. The SMILES string of the molecule is CN(CC1CCCN1C)c1ncc(Cl)cc1N. The first-order valence-electron chi connectivity index (χ1n) is 5.90. The summed E-state index contributed by atoms with van der Waals surface area (Å²) in [5.74, 6) is 0.815. The predicted octanol–water partition coefficient (Wildman–Crippen LogP) is 1.85. The van der Waals surface area contributed by atoms with Gasteiger partial charge < -0.3 is 15.5 Å². The maximum atomic E-state index is 5.93. The van der Waals surface area contributed by atoms with Gasteiger partial charge in [0.25, 0.3) is 0 Å². The Labute approximate surface area is 107 Å². The molecule has 0 amide bonds.